The number of thiazole rings is 1. The van der Waals surface area contributed by atoms with Crippen molar-refractivity contribution in [2.45, 2.75) is 45.6 Å². The molecule has 1 N–H and O–H groups in total. The van der Waals surface area contributed by atoms with Gasteiger partial charge in [-0.1, -0.05) is 11.6 Å². The second kappa shape index (κ2) is 6.16. The predicted octanol–water partition coefficient (Wildman–Crippen LogP) is 3.43. The topological polar surface area (TPSA) is 24.9 Å². The predicted molar refractivity (Wildman–Crippen MR) is 69.7 cm³/mol. The first-order chi connectivity index (χ1) is 7.86. The summed E-state index contributed by atoms with van der Waals surface area (Å²) in [6.07, 6.45) is 9.04. The van der Waals surface area contributed by atoms with Gasteiger partial charge in [0.05, 0.1) is 11.2 Å². The van der Waals surface area contributed by atoms with Gasteiger partial charge in [-0.25, -0.2) is 4.98 Å². The molecule has 0 spiro atoms. The molecule has 0 amide bonds. The van der Waals surface area contributed by atoms with Gasteiger partial charge in [-0.3, -0.25) is 0 Å². The fraction of sp³-hybridized carbons (Fsp3) is 0.615. The summed E-state index contributed by atoms with van der Waals surface area (Å²) >= 11 is 1.75. The number of hydrogen-bond acceptors (Lipinski definition) is 3. The van der Waals surface area contributed by atoms with Crippen LogP contribution in [0, 0.1) is 6.92 Å². The minimum atomic E-state index is 0.976. The summed E-state index contributed by atoms with van der Waals surface area (Å²) in [5.74, 6) is 0. The molecule has 1 aliphatic rings. The van der Waals surface area contributed by atoms with Gasteiger partial charge in [0.2, 0.25) is 0 Å². The van der Waals surface area contributed by atoms with E-state index in [0.717, 1.165) is 13.1 Å². The Bertz CT molecular complexity index is 355. The second-order valence-electron chi connectivity index (χ2n) is 4.40. The van der Waals surface area contributed by atoms with E-state index in [-0.39, 0.29) is 0 Å². The van der Waals surface area contributed by atoms with Crippen LogP contribution < -0.4 is 5.32 Å². The molecule has 88 valence electrons. The van der Waals surface area contributed by atoms with E-state index in [1.165, 1.54) is 42.7 Å². The summed E-state index contributed by atoms with van der Waals surface area (Å²) in [6, 6.07) is 0. The van der Waals surface area contributed by atoms with Gasteiger partial charge in [0.1, 0.15) is 0 Å². The van der Waals surface area contributed by atoms with E-state index >= 15 is 0 Å². The van der Waals surface area contributed by atoms with Crippen molar-refractivity contribution >= 4 is 11.3 Å². The van der Waals surface area contributed by atoms with Crippen molar-refractivity contribution in [3.8, 4) is 0 Å². The van der Waals surface area contributed by atoms with E-state index in [1.807, 2.05) is 5.51 Å². The Hall–Kier alpha value is -0.670. The van der Waals surface area contributed by atoms with Gasteiger partial charge in [0, 0.05) is 11.4 Å². The molecule has 0 radical (unpaired) electrons. The molecule has 0 saturated carbocycles. The lowest BCUT2D eigenvalue weighted by Crippen LogP contribution is -2.15. The number of rotatable bonds is 5. The maximum atomic E-state index is 4.25. The molecule has 3 heteroatoms. The second-order valence-corrected chi connectivity index (χ2v) is 5.34. The molecule has 0 aromatic carbocycles. The van der Waals surface area contributed by atoms with Crippen molar-refractivity contribution in [2.75, 3.05) is 6.54 Å². The summed E-state index contributed by atoms with van der Waals surface area (Å²) in [6.45, 7) is 4.16. The third-order valence-corrected chi connectivity index (χ3v) is 4.07. The van der Waals surface area contributed by atoms with Crippen LogP contribution in [-0.2, 0) is 6.54 Å². The summed E-state index contributed by atoms with van der Waals surface area (Å²) in [7, 11) is 0. The molecule has 0 saturated heterocycles. The van der Waals surface area contributed by atoms with Gasteiger partial charge in [-0.05, 0) is 45.6 Å². The van der Waals surface area contributed by atoms with Gasteiger partial charge in [-0.15, -0.1) is 11.3 Å². The third kappa shape index (κ3) is 3.42. The summed E-state index contributed by atoms with van der Waals surface area (Å²) < 4.78 is 0. The van der Waals surface area contributed by atoms with E-state index < -0.39 is 0 Å². The van der Waals surface area contributed by atoms with Crippen molar-refractivity contribution in [1.29, 1.82) is 0 Å². The summed E-state index contributed by atoms with van der Waals surface area (Å²) in [5.41, 5.74) is 4.75. The monoisotopic (exact) mass is 236 g/mol. The normalized spacial score (nSPS) is 16.2. The van der Waals surface area contributed by atoms with E-state index in [9.17, 15) is 0 Å². The molecule has 2 rings (SSSR count). The van der Waals surface area contributed by atoms with Crippen LogP contribution in [0.1, 0.15) is 42.7 Å². The van der Waals surface area contributed by atoms with Crippen LogP contribution in [0.3, 0.4) is 0 Å². The number of nitrogens with zero attached hydrogens (tertiary/aromatic N) is 1. The van der Waals surface area contributed by atoms with E-state index in [0.29, 0.717) is 0 Å². The van der Waals surface area contributed by atoms with Crippen LogP contribution in [0.15, 0.2) is 17.2 Å². The maximum Gasteiger partial charge on any atom is 0.0798 e. The Kier molecular flexibility index (Phi) is 4.55. The number of allylic oxidation sites excluding steroid dienone is 1. The Labute approximate surface area is 102 Å². The maximum absolute atomic E-state index is 4.25. The molecule has 0 fully saturated rings. The third-order valence-electron chi connectivity index (χ3n) is 3.14. The molecule has 0 bridgehead atoms. The lowest BCUT2D eigenvalue weighted by atomic mass is 9.97. The molecule has 1 heterocycles. The van der Waals surface area contributed by atoms with Crippen LogP contribution in [0.4, 0.5) is 0 Å². The molecule has 0 aliphatic heterocycles. The zero-order valence-corrected chi connectivity index (χ0v) is 10.8. The fourth-order valence-corrected chi connectivity index (χ4v) is 2.83. The Morgan fingerprint density at radius 1 is 1.44 bits per heavy atom. The van der Waals surface area contributed by atoms with Crippen molar-refractivity contribution in [3.63, 3.8) is 0 Å². The van der Waals surface area contributed by atoms with Gasteiger partial charge in [0.15, 0.2) is 0 Å². The van der Waals surface area contributed by atoms with E-state index in [4.69, 9.17) is 0 Å². The van der Waals surface area contributed by atoms with Crippen LogP contribution in [0.2, 0.25) is 0 Å². The first-order valence-electron chi connectivity index (χ1n) is 6.14. The fourth-order valence-electron chi connectivity index (χ4n) is 2.08. The van der Waals surface area contributed by atoms with E-state index in [2.05, 4.69) is 23.3 Å². The summed E-state index contributed by atoms with van der Waals surface area (Å²) in [4.78, 5) is 5.63. The lowest BCUT2D eigenvalue weighted by Gasteiger charge is -2.12. The van der Waals surface area contributed by atoms with Crippen LogP contribution in [0.5, 0.6) is 0 Å². The minimum Gasteiger partial charge on any atom is -0.311 e. The molecule has 1 aliphatic carbocycles. The van der Waals surface area contributed by atoms with Crippen LogP contribution in [-0.4, -0.2) is 11.5 Å². The Morgan fingerprint density at radius 2 is 2.38 bits per heavy atom. The van der Waals surface area contributed by atoms with E-state index in [1.54, 1.807) is 16.9 Å². The number of hydrogen-bond donors (Lipinski definition) is 1. The van der Waals surface area contributed by atoms with Gasteiger partial charge in [-0.2, -0.15) is 0 Å². The largest absolute Gasteiger partial charge is 0.311 e. The smallest absolute Gasteiger partial charge is 0.0798 e. The molecular weight excluding hydrogens is 216 g/mol. The number of nitrogens with one attached hydrogen (secondary N) is 1. The Morgan fingerprint density at radius 3 is 3.06 bits per heavy atom. The van der Waals surface area contributed by atoms with Gasteiger partial charge in [0.25, 0.3) is 0 Å². The highest BCUT2D eigenvalue weighted by molar-refractivity contribution is 7.09. The number of aromatic nitrogens is 1. The zero-order valence-electron chi connectivity index (χ0n) is 9.96. The summed E-state index contributed by atoms with van der Waals surface area (Å²) in [5, 5.41) is 3.51. The highest BCUT2D eigenvalue weighted by atomic mass is 32.1. The van der Waals surface area contributed by atoms with Crippen molar-refractivity contribution < 1.29 is 0 Å². The molecule has 1 aromatic heterocycles. The first kappa shape index (κ1) is 11.8. The lowest BCUT2D eigenvalue weighted by molar-refractivity contribution is 0.634. The highest BCUT2D eigenvalue weighted by Gasteiger charge is 2.04. The molecule has 1 aromatic rings. The van der Waals surface area contributed by atoms with Crippen molar-refractivity contribution in [2.24, 2.45) is 0 Å². The standard InChI is InChI=1S/C13H20N2S/c1-11-13(16-10-15-11)9-14-8-7-12-5-3-2-4-6-12/h5,10,14H,2-4,6-9H2,1H3. The van der Waals surface area contributed by atoms with Crippen molar-refractivity contribution in [1.82, 2.24) is 10.3 Å². The minimum absolute atomic E-state index is 0.976. The zero-order chi connectivity index (χ0) is 11.2. The molecule has 0 unspecified atom stereocenters. The quantitative estimate of drug-likeness (QED) is 0.626. The van der Waals surface area contributed by atoms with Gasteiger partial charge >= 0.3 is 0 Å². The molecule has 16 heavy (non-hydrogen) atoms. The molecule has 2 nitrogen and oxygen atoms in total. The highest BCUT2D eigenvalue weighted by Crippen LogP contribution is 2.19. The number of aryl methyl sites for hydroxylation is 1. The first-order valence-corrected chi connectivity index (χ1v) is 7.02. The van der Waals surface area contributed by atoms with Crippen molar-refractivity contribution in [3.05, 3.63) is 27.7 Å². The average molecular weight is 236 g/mol. The molecule has 0 atom stereocenters. The molecular formula is C13H20N2S. The van der Waals surface area contributed by atoms with Gasteiger partial charge < -0.3 is 5.32 Å². The SMILES string of the molecule is Cc1ncsc1CNCCC1=CCCCC1. The van der Waals surface area contributed by atoms with Crippen LogP contribution >= 0.6 is 11.3 Å². The van der Waals surface area contributed by atoms with Crippen LogP contribution in [0.25, 0.3) is 0 Å². The Balaban J connectivity index is 1.65. The average Bonchev–Trinajstić information content (AvgIpc) is 2.72.